The van der Waals surface area contributed by atoms with Crippen LogP contribution in [0.4, 0.5) is 11.4 Å². The topological polar surface area (TPSA) is 103 Å². The van der Waals surface area contributed by atoms with E-state index in [1.54, 1.807) is 0 Å². The summed E-state index contributed by atoms with van der Waals surface area (Å²) in [5, 5.41) is 20.2. The van der Waals surface area contributed by atoms with Gasteiger partial charge < -0.3 is 0 Å². The van der Waals surface area contributed by atoms with Crippen LogP contribution < -0.4 is 0 Å². The summed E-state index contributed by atoms with van der Waals surface area (Å²) in [7, 11) is 0. The maximum absolute atomic E-state index is 10.8. The van der Waals surface area contributed by atoms with Crippen molar-refractivity contribution in [2.45, 2.75) is 6.92 Å². The first-order chi connectivity index (χ1) is 7.34. The summed E-state index contributed by atoms with van der Waals surface area (Å²) in [4.78, 5) is 30.4. The highest BCUT2D eigenvalue weighted by Gasteiger charge is 2.24. The van der Waals surface area contributed by atoms with Crippen LogP contribution in [0.15, 0.2) is 12.1 Å². The van der Waals surface area contributed by atoms with Gasteiger partial charge in [0.25, 0.3) is 16.6 Å². The second kappa shape index (κ2) is 4.23. The smallest absolute Gasteiger partial charge is 0.276 e. The summed E-state index contributed by atoms with van der Waals surface area (Å²) >= 11 is 5.12. The van der Waals surface area contributed by atoms with Gasteiger partial charge in [0.15, 0.2) is 0 Å². The summed E-state index contributed by atoms with van der Waals surface area (Å²) < 4.78 is 0. The molecule has 0 bridgehead atoms. The van der Waals surface area contributed by atoms with Crippen molar-refractivity contribution in [3.05, 3.63) is 43.5 Å². The second-order valence-corrected chi connectivity index (χ2v) is 3.27. The molecule has 0 fully saturated rings. The lowest BCUT2D eigenvalue weighted by Gasteiger charge is -2.00. The number of carbonyl (C=O) groups excluding carboxylic acids is 1. The molecular formula is C8H5ClN2O5. The quantitative estimate of drug-likeness (QED) is 0.460. The minimum atomic E-state index is -0.980. The number of rotatable bonds is 3. The van der Waals surface area contributed by atoms with Crippen molar-refractivity contribution in [1.82, 2.24) is 0 Å². The van der Waals surface area contributed by atoms with E-state index in [9.17, 15) is 25.0 Å². The predicted molar refractivity (Wildman–Crippen MR) is 54.7 cm³/mol. The minimum Gasteiger partial charge on any atom is -0.276 e. The highest BCUT2D eigenvalue weighted by Crippen LogP contribution is 2.29. The number of carbonyl (C=O) groups is 1. The average Bonchev–Trinajstić information content (AvgIpc) is 2.16. The molecule has 7 nitrogen and oxygen atoms in total. The van der Waals surface area contributed by atoms with Crippen LogP contribution in [-0.4, -0.2) is 15.1 Å². The molecule has 0 N–H and O–H groups in total. The molecule has 0 spiro atoms. The molecule has 0 radical (unpaired) electrons. The fourth-order valence-corrected chi connectivity index (χ4v) is 1.29. The summed E-state index contributed by atoms with van der Waals surface area (Å²) in [6, 6.07) is 1.83. The van der Waals surface area contributed by atoms with Gasteiger partial charge in [0, 0.05) is 17.7 Å². The standard InChI is InChI=1S/C8H5ClN2O5/c1-4-6(10(13)14)2-5(8(9)12)3-7(4)11(15)16/h2-3H,1H3. The predicted octanol–water partition coefficient (Wildman–Crippen LogP) is 2.19. The summed E-state index contributed by atoms with van der Waals surface area (Å²) in [6.45, 7) is 1.23. The number of nitro groups is 2. The molecule has 16 heavy (non-hydrogen) atoms. The van der Waals surface area contributed by atoms with E-state index < -0.39 is 26.5 Å². The fraction of sp³-hybridized carbons (Fsp3) is 0.125. The lowest BCUT2D eigenvalue weighted by Crippen LogP contribution is -2.01. The molecule has 0 saturated heterocycles. The van der Waals surface area contributed by atoms with Crippen molar-refractivity contribution >= 4 is 28.2 Å². The Hall–Kier alpha value is -2.02. The molecule has 84 valence electrons. The van der Waals surface area contributed by atoms with Gasteiger partial charge >= 0.3 is 0 Å². The largest absolute Gasteiger partial charge is 0.279 e. The first kappa shape index (κ1) is 12.1. The summed E-state index contributed by atoms with van der Waals surface area (Å²) in [5.41, 5.74) is -1.39. The van der Waals surface area contributed by atoms with Crippen LogP contribution in [0.25, 0.3) is 0 Å². The Balaban J connectivity index is 3.57. The van der Waals surface area contributed by atoms with Gasteiger partial charge in [-0.05, 0) is 18.5 Å². The Labute approximate surface area is 93.9 Å². The van der Waals surface area contributed by atoms with Gasteiger partial charge in [-0.2, -0.15) is 0 Å². The van der Waals surface area contributed by atoms with Gasteiger partial charge in [-0.25, -0.2) is 0 Å². The summed E-state index contributed by atoms with van der Waals surface area (Å²) in [6.07, 6.45) is 0. The van der Waals surface area contributed by atoms with E-state index in [4.69, 9.17) is 11.6 Å². The van der Waals surface area contributed by atoms with E-state index in [1.807, 2.05) is 0 Å². The van der Waals surface area contributed by atoms with E-state index in [2.05, 4.69) is 0 Å². The molecule has 0 aliphatic heterocycles. The monoisotopic (exact) mass is 244 g/mol. The van der Waals surface area contributed by atoms with Crippen molar-refractivity contribution in [3.8, 4) is 0 Å². The highest BCUT2D eigenvalue weighted by atomic mass is 35.5. The Morgan fingerprint density at radius 1 is 1.19 bits per heavy atom. The number of nitrogens with zero attached hydrogens (tertiary/aromatic N) is 2. The minimum absolute atomic E-state index is 0.114. The first-order valence-corrected chi connectivity index (χ1v) is 4.35. The maximum Gasteiger partial charge on any atom is 0.279 e. The van der Waals surface area contributed by atoms with E-state index >= 15 is 0 Å². The lowest BCUT2D eigenvalue weighted by molar-refractivity contribution is -0.395. The normalized spacial score (nSPS) is 9.88. The zero-order valence-electron chi connectivity index (χ0n) is 7.97. The average molecular weight is 245 g/mol. The lowest BCUT2D eigenvalue weighted by atomic mass is 10.1. The first-order valence-electron chi connectivity index (χ1n) is 3.98. The van der Waals surface area contributed by atoms with Gasteiger partial charge in [0.05, 0.1) is 9.85 Å². The third-order valence-corrected chi connectivity index (χ3v) is 2.19. The van der Waals surface area contributed by atoms with Crippen molar-refractivity contribution < 1.29 is 14.6 Å². The van der Waals surface area contributed by atoms with E-state index in [-0.39, 0.29) is 11.1 Å². The Bertz CT molecular complexity index is 464. The van der Waals surface area contributed by atoms with Crippen molar-refractivity contribution in [3.63, 3.8) is 0 Å². The zero-order chi connectivity index (χ0) is 12.5. The highest BCUT2D eigenvalue weighted by molar-refractivity contribution is 6.67. The molecule has 0 aliphatic carbocycles. The molecule has 0 saturated carbocycles. The Kier molecular flexibility index (Phi) is 3.19. The van der Waals surface area contributed by atoms with Crippen LogP contribution in [0, 0.1) is 27.2 Å². The molecule has 0 unspecified atom stereocenters. The Morgan fingerprint density at radius 3 is 1.81 bits per heavy atom. The third kappa shape index (κ3) is 2.14. The number of halogens is 1. The molecule has 1 rings (SSSR count). The van der Waals surface area contributed by atoms with E-state index in [0.29, 0.717) is 0 Å². The van der Waals surface area contributed by atoms with Gasteiger partial charge in [0.1, 0.15) is 5.56 Å². The van der Waals surface area contributed by atoms with Crippen molar-refractivity contribution in [1.29, 1.82) is 0 Å². The second-order valence-electron chi connectivity index (χ2n) is 2.93. The fourth-order valence-electron chi connectivity index (χ4n) is 1.18. The van der Waals surface area contributed by atoms with Crippen LogP contribution in [-0.2, 0) is 0 Å². The molecular weight excluding hydrogens is 240 g/mol. The molecule has 0 atom stereocenters. The van der Waals surface area contributed by atoms with Crippen LogP contribution in [0.5, 0.6) is 0 Å². The molecule has 0 aliphatic rings. The van der Waals surface area contributed by atoms with Crippen molar-refractivity contribution in [2.75, 3.05) is 0 Å². The number of nitro benzene ring substituents is 2. The SMILES string of the molecule is Cc1c([N+](=O)[O-])cc(C(=O)Cl)cc1[N+](=O)[O-]. The van der Waals surface area contributed by atoms with Gasteiger partial charge in [0.2, 0.25) is 0 Å². The molecule has 0 heterocycles. The number of hydrogen-bond acceptors (Lipinski definition) is 5. The van der Waals surface area contributed by atoms with Gasteiger partial charge in [-0.3, -0.25) is 25.0 Å². The molecule has 1 aromatic rings. The summed E-state index contributed by atoms with van der Waals surface area (Å²) in [5.74, 6) is 0. The Morgan fingerprint density at radius 2 is 1.56 bits per heavy atom. The third-order valence-electron chi connectivity index (χ3n) is 1.97. The van der Waals surface area contributed by atoms with E-state index in [1.165, 1.54) is 6.92 Å². The molecule has 1 aromatic carbocycles. The maximum atomic E-state index is 10.8. The molecule has 0 amide bonds. The van der Waals surface area contributed by atoms with Gasteiger partial charge in [-0.1, -0.05) is 0 Å². The van der Waals surface area contributed by atoms with Crippen LogP contribution in [0.3, 0.4) is 0 Å². The number of hydrogen-bond donors (Lipinski definition) is 0. The molecule has 0 aromatic heterocycles. The molecule has 8 heteroatoms. The van der Waals surface area contributed by atoms with E-state index in [0.717, 1.165) is 12.1 Å². The van der Waals surface area contributed by atoms with Crippen LogP contribution >= 0.6 is 11.6 Å². The van der Waals surface area contributed by atoms with Crippen LogP contribution in [0.1, 0.15) is 15.9 Å². The zero-order valence-corrected chi connectivity index (χ0v) is 8.72. The van der Waals surface area contributed by atoms with Crippen molar-refractivity contribution in [2.24, 2.45) is 0 Å². The van der Waals surface area contributed by atoms with Crippen LogP contribution in [0.2, 0.25) is 0 Å². The van der Waals surface area contributed by atoms with Gasteiger partial charge in [-0.15, -0.1) is 0 Å². The number of benzene rings is 1.